The molecule has 5 aromatic rings. The Bertz CT molecular complexity index is 3020. The molecule has 2 saturated carbocycles. The van der Waals surface area contributed by atoms with E-state index in [0.29, 0.717) is 75.6 Å². The van der Waals surface area contributed by atoms with Gasteiger partial charge in [-0.25, -0.2) is 13.1 Å². The van der Waals surface area contributed by atoms with Gasteiger partial charge in [-0.15, -0.1) is 0 Å². The predicted molar refractivity (Wildman–Crippen MR) is 285 cm³/mol. The quantitative estimate of drug-likeness (QED) is 0.0571. The summed E-state index contributed by atoms with van der Waals surface area (Å²) in [5.41, 5.74) is 3.35. The number of nitro benzene ring substituents is 1. The highest BCUT2D eigenvalue weighted by atomic mass is 32.2. The minimum Gasteiger partial charge on any atom is -0.489 e. The van der Waals surface area contributed by atoms with Gasteiger partial charge in [0.1, 0.15) is 24.6 Å². The summed E-state index contributed by atoms with van der Waals surface area (Å²) in [5.74, 6) is 0.639. The molecule has 3 atom stereocenters. The van der Waals surface area contributed by atoms with Gasteiger partial charge in [-0.05, 0) is 117 Å². The van der Waals surface area contributed by atoms with Gasteiger partial charge in [-0.2, -0.15) is 4.98 Å². The third-order valence-corrected chi connectivity index (χ3v) is 18.4. The lowest BCUT2D eigenvalue weighted by atomic mass is 9.70. The molecule has 2 aromatic heterocycles. The highest BCUT2D eigenvalue weighted by Gasteiger charge is 2.49. The number of morpholine rings is 1. The molecule has 19 heteroatoms. The smallest absolute Gasteiger partial charge is 0.297 e. The molecule has 4 N–H and O–H groups in total. The van der Waals surface area contributed by atoms with Crippen LogP contribution in [0.4, 0.5) is 17.1 Å². The number of H-pyrrole nitrogens is 1. The van der Waals surface area contributed by atoms with Crippen LogP contribution in [0.25, 0.3) is 11.0 Å². The Hall–Kier alpha value is -5.99. The number of rotatable bonds is 15. The van der Waals surface area contributed by atoms with Gasteiger partial charge in [0.25, 0.3) is 27.5 Å². The van der Waals surface area contributed by atoms with E-state index in [1.807, 2.05) is 19.1 Å². The van der Waals surface area contributed by atoms with Gasteiger partial charge in [0.15, 0.2) is 17.2 Å². The summed E-state index contributed by atoms with van der Waals surface area (Å²) in [6.45, 7) is 14.1. The number of aromatic amines is 1. The van der Waals surface area contributed by atoms with E-state index in [1.165, 1.54) is 36.5 Å². The average Bonchev–Trinajstić information content (AvgIpc) is 4.08. The van der Waals surface area contributed by atoms with Gasteiger partial charge in [-0.3, -0.25) is 24.7 Å². The minimum atomic E-state index is -4.73. The van der Waals surface area contributed by atoms with Crippen LogP contribution >= 0.6 is 0 Å². The Morgan fingerprint density at radius 1 is 0.973 bits per heavy atom. The van der Waals surface area contributed by atoms with Gasteiger partial charge < -0.3 is 39.3 Å². The number of ether oxygens (including phenoxy) is 4. The number of benzene rings is 3. The van der Waals surface area contributed by atoms with Gasteiger partial charge in [-0.1, -0.05) is 44.5 Å². The first kappa shape index (κ1) is 51.1. The van der Waals surface area contributed by atoms with Crippen molar-refractivity contribution in [2.24, 2.45) is 11.3 Å². The summed E-state index contributed by atoms with van der Waals surface area (Å²) in [5, 5.41) is 27.0. The SMILES string of the molecule is CC(C)c1ccccc1[C@@H]1CCC[C@@H]1N1CC2(CCN(c3ccc(C(=O)NS(=O)(=O)c4cc5c(c([N+](=O)[O-])c4)N[C@@H](C4CCC(C)(O)CC4)CO5)c(Oc4cc5cc[nH]c5nc4OCCN4CCOCC4)c3)CC2)C1. The number of hydrogen-bond acceptors (Lipinski definition) is 15. The Kier molecular flexibility index (Phi) is 14.2. The Morgan fingerprint density at radius 2 is 1.75 bits per heavy atom. The second kappa shape index (κ2) is 20.9. The molecule has 6 heterocycles. The van der Waals surface area contributed by atoms with Gasteiger partial charge in [0.2, 0.25) is 0 Å². The third-order valence-electron chi connectivity index (χ3n) is 17.1. The summed E-state index contributed by atoms with van der Waals surface area (Å²) in [7, 11) is -4.73. The minimum absolute atomic E-state index is 0.00804. The topological polar surface area (TPSA) is 214 Å². The van der Waals surface area contributed by atoms with Crippen molar-refractivity contribution in [2.75, 3.05) is 82.5 Å². The summed E-state index contributed by atoms with van der Waals surface area (Å²) in [6, 6.07) is 20.2. The number of anilines is 2. The highest BCUT2D eigenvalue weighted by molar-refractivity contribution is 7.90. The lowest BCUT2D eigenvalue weighted by Crippen LogP contribution is -2.63. The van der Waals surface area contributed by atoms with E-state index in [1.54, 1.807) is 24.4 Å². The molecule has 75 heavy (non-hydrogen) atoms. The Balaban J connectivity index is 0.839. The van der Waals surface area contributed by atoms with Crippen LogP contribution < -0.4 is 29.1 Å². The lowest BCUT2D eigenvalue weighted by molar-refractivity contribution is -0.384. The van der Waals surface area contributed by atoms with Gasteiger partial charge in [0.05, 0.1) is 40.2 Å². The Morgan fingerprint density at radius 3 is 2.51 bits per heavy atom. The first-order valence-electron chi connectivity index (χ1n) is 26.9. The molecule has 11 rings (SSSR count). The summed E-state index contributed by atoms with van der Waals surface area (Å²) >= 11 is 0. The van der Waals surface area contributed by atoms with Crippen molar-refractivity contribution in [1.82, 2.24) is 24.5 Å². The number of sulfonamides is 1. The molecule has 1 amide bonds. The number of nitro groups is 1. The molecule has 4 aliphatic heterocycles. The van der Waals surface area contributed by atoms with Crippen LogP contribution in [0, 0.1) is 21.4 Å². The molecule has 0 radical (unpaired) electrons. The molecule has 2 aliphatic carbocycles. The van der Waals surface area contributed by atoms with Crippen LogP contribution in [-0.4, -0.2) is 134 Å². The van der Waals surface area contributed by atoms with E-state index < -0.39 is 37.0 Å². The van der Waals surface area contributed by atoms with Crippen LogP contribution in [0.2, 0.25) is 0 Å². The third kappa shape index (κ3) is 10.8. The molecule has 6 aliphatic rings. The summed E-state index contributed by atoms with van der Waals surface area (Å²) < 4.78 is 55.2. The van der Waals surface area contributed by atoms with E-state index >= 15 is 0 Å². The second-order valence-corrected chi connectivity index (χ2v) is 24.2. The number of piperidine rings is 1. The van der Waals surface area contributed by atoms with Crippen molar-refractivity contribution in [3.8, 4) is 23.1 Å². The number of likely N-dealkylation sites (tertiary alicyclic amines) is 1. The number of aromatic nitrogens is 2. The Labute approximate surface area is 438 Å². The molecule has 1 spiro atoms. The first-order chi connectivity index (χ1) is 36.1. The fourth-order valence-electron chi connectivity index (χ4n) is 12.7. The van der Waals surface area contributed by atoms with Crippen molar-refractivity contribution in [2.45, 2.75) is 113 Å². The fourth-order valence-corrected chi connectivity index (χ4v) is 13.7. The predicted octanol–water partition coefficient (Wildman–Crippen LogP) is 8.57. The molecule has 3 saturated heterocycles. The fraction of sp³-hybridized carbons (Fsp3) is 0.536. The average molecular weight is 1050 g/mol. The van der Waals surface area contributed by atoms with Crippen LogP contribution in [0.3, 0.4) is 0 Å². The number of carbonyl (C=O) groups excluding carboxylic acids is 1. The molecule has 0 bridgehead atoms. The van der Waals surface area contributed by atoms with Crippen molar-refractivity contribution < 1.29 is 42.2 Å². The van der Waals surface area contributed by atoms with Gasteiger partial charge >= 0.3 is 0 Å². The number of nitrogens with zero attached hydrogens (tertiary/aromatic N) is 5. The molecular formula is C56H70N8O10S. The number of aliphatic hydroxyl groups is 1. The standard InChI is InChI=1S/C56H70N8O10S/c1-36(2)41-7-4-5-8-42(41)43-9-6-10-46(43)63-34-56(35-63)18-21-62(22-19-56)39-11-12-44(48(30-39)74-50-29-38-15-20-57-52(38)59-54(50)72-28-25-61-23-26-71-27-24-61)53(65)60-75(69,70)40-31-47(64(67)68)51-49(32-40)73-33-45(58-51)37-13-16-55(3,66)17-14-37/h4-5,7-8,11-12,15,20,29-32,36-37,43,45-46,58,66H,6,9-10,13-14,16-19,21-28,33-35H2,1-3H3,(H,57,59)(H,60,65)/t37?,43-,45+,46-,55?/m0/s1. The van der Waals surface area contributed by atoms with Crippen molar-refractivity contribution in [3.05, 3.63) is 99.7 Å². The largest absolute Gasteiger partial charge is 0.489 e. The van der Waals surface area contributed by atoms with Crippen LogP contribution in [-0.2, 0) is 14.8 Å². The molecule has 5 fully saturated rings. The monoisotopic (exact) mass is 1050 g/mol. The molecule has 0 unspecified atom stereocenters. The number of pyridine rings is 1. The van der Waals surface area contributed by atoms with Crippen LogP contribution in [0.15, 0.2) is 77.8 Å². The second-order valence-electron chi connectivity index (χ2n) is 22.5. The molecular weight excluding hydrogens is 977 g/mol. The lowest BCUT2D eigenvalue weighted by Gasteiger charge is -2.57. The van der Waals surface area contributed by atoms with E-state index in [9.17, 15) is 28.4 Å². The summed E-state index contributed by atoms with van der Waals surface area (Å²) in [4.78, 5) is 41.0. The maximum absolute atomic E-state index is 14.5. The van der Waals surface area contributed by atoms with Crippen LogP contribution in [0.1, 0.15) is 112 Å². The number of fused-ring (bicyclic) bond motifs is 2. The number of amides is 1. The molecule has 18 nitrogen and oxygen atoms in total. The summed E-state index contributed by atoms with van der Waals surface area (Å²) in [6.07, 6.45) is 10.1. The van der Waals surface area contributed by atoms with E-state index in [4.69, 9.17) is 23.9 Å². The number of hydrogen-bond donors (Lipinski definition) is 4. The molecule has 3 aromatic carbocycles. The number of carbonyl (C=O) groups is 1. The zero-order chi connectivity index (χ0) is 52.1. The van der Waals surface area contributed by atoms with Crippen molar-refractivity contribution in [1.29, 1.82) is 0 Å². The van der Waals surface area contributed by atoms with Gasteiger partial charge in [0, 0.05) is 87.3 Å². The zero-order valence-corrected chi connectivity index (χ0v) is 44.0. The van der Waals surface area contributed by atoms with Crippen molar-refractivity contribution in [3.63, 3.8) is 0 Å². The van der Waals surface area contributed by atoms with Crippen LogP contribution in [0.5, 0.6) is 23.1 Å². The highest BCUT2D eigenvalue weighted by Crippen LogP contribution is 2.50. The molecule has 400 valence electrons. The first-order valence-corrected chi connectivity index (χ1v) is 28.4. The number of nitrogens with one attached hydrogen (secondary N) is 3. The van der Waals surface area contributed by atoms with E-state index in [-0.39, 0.29) is 58.4 Å². The normalized spacial score (nSPS) is 25.1. The van der Waals surface area contributed by atoms with E-state index in [0.717, 1.165) is 69.3 Å². The van der Waals surface area contributed by atoms with Crippen molar-refractivity contribution >= 4 is 44.0 Å². The van der Waals surface area contributed by atoms with E-state index in [2.05, 4.69) is 67.8 Å². The zero-order valence-electron chi connectivity index (χ0n) is 43.2. The maximum atomic E-state index is 14.5. The maximum Gasteiger partial charge on any atom is 0.297 e.